The fourth-order valence-corrected chi connectivity index (χ4v) is 7.12. The van der Waals surface area contributed by atoms with Gasteiger partial charge in [0.2, 0.25) is 0 Å². The third-order valence-electron chi connectivity index (χ3n) is 10.1. The molecule has 9 rings (SSSR count). The number of nitrogens with zero attached hydrogens (tertiary/aromatic N) is 4. The van der Waals surface area contributed by atoms with Gasteiger partial charge in [-0.05, 0) is 69.8 Å². The molecule has 2 aromatic heterocycles. The molecule has 0 aliphatic carbocycles. The number of fused-ring (bicyclic) bond motifs is 3. The average Bonchev–Trinajstić information content (AvgIpc) is 3.64. The second-order valence-electron chi connectivity index (χ2n) is 13.5. The summed E-state index contributed by atoms with van der Waals surface area (Å²) < 4.78 is 6.45. The van der Waals surface area contributed by atoms with Crippen LogP contribution < -0.4 is 27.3 Å². The van der Waals surface area contributed by atoms with Crippen LogP contribution >= 0.6 is 0 Å². The molecule has 0 aliphatic heterocycles. The lowest BCUT2D eigenvalue weighted by molar-refractivity contribution is 0.669. The summed E-state index contributed by atoms with van der Waals surface area (Å²) in [7, 11) is 31.6. The molecule has 0 N–H and O–H groups in total. The van der Waals surface area contributed by atoms with Gasteiger partial charge in [0, 0.05) is 27.5 Å². The van der Waals surface area contributed by atoms with Crippen LogP contribution in [0.1, 0.15) is 5.56 Å². The first-order chi connectivity index (χ1) is 27.3. The van der Waals surface area contributed by atoms with Gasteiger partial charge < -0.3 is 4.42 Å². The Balaban J connectivity index is 1.20. The highest BCUT2D eigenvalue weighted by molar-refractivity contribution is 6.69. The molecule has 5 nitrogen and oxygen atoms in total. The van der Waals surface area contributed by atoms with Gasteiger partial charge in [0.1, 0.15) is 50.4 Å². The maximum atomic E-state index is 9.52. The van der Waals surface area contributed by atoms with Crippen LogP contribution in [0.4, 0.5) is 0 Å². The average molecular weight is 702 g/mol. The molecule has 9 aromatic rings. The number of aromatic nitrogens is 3. The quantitative estimate of drug-likeness (QED) is 0.211. The number of rotatable bonds is 6. The van der Waals surface area contributed by atoms with Gasteiger partial charge in [-0.3, -0.25) is 0 Å². The lowest BCUT2D eigenvalue weighted by Gasteiger charge is -2.21. The van der Waals surface area contributed by atoms with Gasteiger partial charge >= 0.3 is 0 Å². The standard InChI is InChI=1S/C46H23B5N4O/c47-39-38(40(48)42(50)43(51)41(39)49)34-13-6-14-35-37(34)33-20-19-32(23-36(33)56-35)46-54-44(28-17-15-27(16-18-28)26-8-2-1-3-9-26)53-45(55-46)31-12-5-11-30(22-31)29-10-4-7-25(21-29)24-52/h1-23H. The molecule has 0 aliphatic rings. The minimum atomic E-state index is 0.153. The summed E-state index contributed by atoms with van der Waals surface area (Å²) in [5.41, 5.74) is 10.4. The normalized spacial score (nSPS) is 11.2. The van der Waals surface area contributed by atoms with E-state index in [4.69, 9.17) is 58.6 Å². The van der Waals surface area contributed by atoms with Gasteiger partial charge in [0.05, 0.1) is 11.6 Å². The molecule has 0 bridgehead atoms. The summed E-state index contributed by atoms with van der Waals surface area (Å²) >= 11 is 0. The van der Waals surface area contributed by atoms with Gasteiger partial charge in [-0.2, -0.15) is 5.26 Å². The summed E-state index contributed by atoms with van der Waals surface area (Å²) in [6.45, 7) is 0. The SMILES string of the molecule is [B]c1c([B])c([B])c(-c2cccc3oc4cc(-c5nc(-c6ccc(-c7ccccc7)cc6)nc(-c6cccc(-c7cccc(C#N)c7)c6)n5)ccc4c23)c([B])c1[B]. The van der Waals surface area contributed by atoms with E-state index in [0.717, 1.165) is 49.7 Å². The molecule has 10 radical (unpaired) electrons. The Kier molecular flexibility index (Phi) is 8.79. The van der Waals surface area contributed by atoms with Crippen molar-refractivity contribution in [3.05, 3.63) is 145 Å². The van der Waals surface area contributed by atoms with Crippen molar-refractivity contribution in [2.24, 2.45) is 0 Å². The summed E-state index contributed by atoms with van der Waals surface area (Å²) in [6.07, 6.45) is 0. The Morgan fingerprint density at radius 1 is 0.429 bits per heavy atom. The maximum absolute atomic E-state index is 9.52. The van der Waals surface area contributed by atoms with E-state index >= 15 is 0 Å². The van der Waals surface area contributed by atoms with Gasteiger partial charge in [0.25, 0.3) is 0 Å². The van der Waals surface area contributed by atoms with Crippen LogP contribution in [0.15, 0.2) is 144 Å². The fourth-order valence-electron chi connectivity index (χ4n) is 7.12. The van der Waals surface area contributed by atoms with Crippen LogP contribution in [-0.2, 0) is 0 Å². The lowest BCUT2D eigenvalue weighted by Crippen LogP contribution is -2.55. The van der Waals surface area contributed by atoms with E-state index in [0.29, 0.717) is 45.3 Å². The Bertz CT molecular complexity index is 3020. The van der Waals surface area contributed by atoms with Crippen molar-refractivity contribution in [1.82, 2.24) is 15.0 Å². The highest BCUT2D eigenvalue weighted by Gasteiger charge is 2.20. The first-order valence-corrected chi connectivity index (χ1v) is 17.8. The molecule has 0 saturated carbocycles. The topological polar surface area (TPSA) is 75.6 Å². The molecule has 0 atom stereocenters. The third kappa shape index (κ3) is 6.12. The largest absolute Gasteiger partial charge is 0.456 e. The number of benzene rings is 7. The Labute approximate surface area is 330 Å². The van der Waals surface area contributed by atoms with Crippen molar-refractivity contribution < 1.29 is 4.42 Å². The van der Waals surface area contributed by atoms with E-state index in [1.807, 2.05) is 109 Å². The summed E-state index contributed by atoms with van der Waals surface area (Å²) in [4.78, 5) is 15.0. The van der Waals surface area contributed by atoms with E-state index in [2.05, 4.69) is 30.3 Å². The molecule has 10 heteroatoms. The summed E-state index contributed by atoms with van der Waals surface area (Å²) in [5, 5.41) is 11.1. The van der Waals surface area contributed by atoms with Crippen molar-refractivity contribution in [3.63, 3.8) is 0 Å². The van der Waals surface area contributed by atoms with Gasteiger partial charge in [0.15, 0.2) is 17.5 Å². The van der Waals surface area contributed by atoms with Crippen LogP contribution in [0.3, 0.4) is 0 Å². The second-order valence-corrected chi connectivity index (χ2v) is 13.5. The zero-order chi connectivity index (χ0) is 38.5. The zero-order valence-corrected chi connectivity index (χ0v) is 29.9. The van der Waals surface area contributed by atoms with Crippen LogP contribution in [0.25, 0.3) is 89.5 Å². The molecule has 0 saturated heterocycles. The molecule has 248 valence electrons. The number of hydrogen-bond acceptors (Lipinski definition) is 5. The maximum Gasteiger partial charge on any atom is 0.164 e. The monoisotopic (exact) mass is 702 g/mol. The smallest absolute Gasteiger partial charge is 0.164 e. The highest BCUT2D eigenvalue weighted by Crippen LogP contribution is 2.37. The van der Waals surface area contributed by atoms with Crippen LogP contribution in [0, 0.1) is 11.3 Å². The molecule has 2 heterocycles. The molecular formula is C46H23B5N4O. The highest BCUT2D eigenvalue weighted by atomic mass is 16.3. The molecule has 0 spiro atoms. The number of furan rings is 1. The third-order valence-corrected chi connectivity index (χ3v) is 10.1. The Hall–Kier alpha value is -6.84. The van der Waals surface area contributed by atoms with Crippen LogP contribution in [0.2, 0.25) is 0 Å². The molecule has 56 heavy (non-hydrogen) atoms. The predicted molar refractivity (Wildman–Crippen MR) is 231 cm³/mol. The molecular weight excluding hydrogens is 679 g/mol. The molecule has 0 unspecified atom stereocenters. The van der Waals surface area contributed by atoms with E-state index < -0.39 is 0 Å². The number of nitriles is 1. The Morgan fingerprint density at radius 3 is 1.64 bits per heavy atom. The number of hydrogen-bond donors (Lipinski definition) is 0. The van der Waals surface area contributed by atoms with Crippen molar-refractivity contribution >= 4 is 88.5 Å². The van der Waals surface area contributed by atoms with E-state index in [9.17, 15) is 5.26 Å². The molecule has 0 fully saturated rings. The van der Waals surface area contributed by atoms with Gasteiger partial charge in [-0.25, -0.2) is 15.0 Å². The lowest BCUT2D eigenvalue weighted by atomic mass is 9.59. The van der Waals surface area contributed by atoms with Gasteiger partial charge in [-0.15, -0.1) is 16.4 Å². The minimum Gasteiger partial charge on any atom is -0.456 e. The van der Waals surface area contributed by atoms with Crippen molar-refractivity contribution in [3.8, 4) is 73.6 Å². The van der Waals surface area contributed by atoms with Crippen LogP contribution in [0.5, 0.6) is 0 Å². The zero-order valence-electron chi connectivity index (χ0n) is 29.9. The predicted octanol–water partition coefficient (Wildman–Crippen LogP) is 5.61. The van der Waals surface area contributed by atoms with Crippen molar-refractivity contribution in [2.75, 3.05) is 0 Å². The summed E-state index contributed by atoms with van der Waals surface area (Å²) in [6, 6.07) is 47.6. The summed E-state index contributed by atoms with van der Waals surface area (Å²) in [5.74, 6) is 1.47. The van der Waals surface area contributed by atoms with E-state index in [1.165, 1.54) is 0 Å². The van der Waals surface area contributed by atoms with E-state index in [1.54, 1.807) is 6.07 Å². The van der Waals surface area contributed by atoms with Gasteiger partial charge in [-0.1, -0.05) is 114 Å². The van der Waals surface area contributed by atoms with Crippen molar-refractivity contribution in [2.45, 2.75) is 0 Å². The van der Waals surface area contributed by atoms with Crippen molar-refractivity contribution in [1.29, 1.82) is 5.26 Å². The first kappa shape index (κ1) is 34.9. The van der Waals surface area contributed by atoms with Crippen LogP contribution in [-0.4, -0.2) is 54.2 Å². The molecule has 7 aromatic carbocycles. The van der Waals surface area contributed by atoms with E-state index in [-0.39, 0.29) is 27.3 Å². The Morgan fingerprint density at radius 2 is 0.946 bits per heavy atom. The first-order valence-electron chi connectivity index (χ1n) is 17.8. The fraction of sp³-hybridized carbons (Fsp3) is 0. The molecule has 0 amide bonds. The second kappa shape index (κ2) is 14.1. The minimum absolute atomic E-state index is 0.153.